The fourth-order valence-electron chi connectivity index (χ4n) is 2.60. The number of aromatic nitrogens is 1. The van der Waals surface area contributed by atoms with Gasteiger partial charge in [-0.15, -0.1) is 0 Å². The summed E-state index contributed by atoms with van der Waals surface area (Å²) in [6.45, 7) is 0. The Hall–Kier alpha value is -2.92. The van der Waals surface area contributed by atoms with Crippen LogP contribution in [0.15, 0.2) is 53.5 Å². The van der Waals surface area contributed by atoms with Gasteiger partial charge in [-0.1, -0.05) is 30.3 Å². The van der Waals surface area contributed by atoms with E-state index in [0.717, 1.165) is 10.9 Å². The van der Waals surface area contributed by atoms with Crippen LogP contribution in [0.4, 0.5) is 5.69 Å². The molecule has 3 aromatic rings. The maximum absolute atomic E-state index is 12.4. The van der Waals surface area contributed by atoms with Gasteiger partial charge in [0.05, 0.1) is 11.3 Å². The highest BCUT2D eigenvalue weighted by Gasteiger charge is 2.29. The number of aromatic amines is 1. The van der Waals surface area contributed by atoms with E-state index in [1.807, 2.05) is 36.4 Å². The van der Waals surface area contributed by atoms with Crippen molar-refractivity contribution in [3.63, 3.8) is 0 Å². The predicted octanol–water partition coefficient (Wildman–Crippen LogP) is 3.35. The lowest BCUT2D eigenvalue weighted by Crippen LogP contribution is -2.10. The monoisotopic (exact) mass is 279 g/mol. The molecule has 2 aromatic carbocycles. The van der Waals surface area contributed by atoms with Crippen molar-refractivity contribution in [1.82, 2.24) is 11.1 Å². The number of benzene rings is 2. The molecule has 4 rings (SSSR count). The van der Waals surface area contributed by atoms with Gasteiger partial charge in [0, 0.05) is 16.5 Å². The quantitative estimate of drug-likeness (QED) is 0.636. The third-order valence-electron chi connectivity index (χ3n) is 3.52. The summed E-state index contributed by atoms with van der Waals surface area (Å²) in [4.78, 5) is 19.7. The first-order chi connectivity index (χ1) is 9.75. The third-order valence-corrected chi connectivity index (χ3v) is 3.52. The number of hydrogen-bond donors (Lipinski definition) is 3. The number of H-pyrrole nitrogens is 1. The number of hydrogen-bond acceptors (Lipinski definition) is 4. The van der Waals surface area contributed by atoms with Crippen LogP contribution in [0.25, 0.3) is 10.9 Å². The summed E-state index contributed by atoms with van der Waals surface area (Å²) in [5.41, 5.74) is 2.78. The minimum atomic E-state index is -0.152. The Kier molecular flexibility index (Phi) is 2.85. The smallest absolute Gasteiger partial charge is 0.214 e. The summed E-state index contributed by atoms with van der Waals surface area (Å²) in [5.74, 6) is -0.174. The minimum Gasteiger partial charge on any atom is -0.494 e. The lowest BCUT2D eigenvalue weighted by molar-refractivity contribution is 0.107. The first-order valence-corrected chi connectivity index (χ1v) is 6.28. The van der Waals surface area contributed by atoms with E-state index in [9.17, 15) is 9.90 Å². The number of Topliss-reactive ketones (excluding diaryl/α,β-unsaturated/α-hetero) is 1. The second-order valence-corrected chi connectivity index (χ2v) is 4.70. The lowest BCUT2D eigenvalue weighted by Gasteiger charge is -1.98. The molecule has 5 N–H and O–H groups in total. The molecule has 0 unspecified atom stereocenters. The molecule has 5 nitrogen and oxygen atoms in total. The second-order valence-electron chi connectivity index (χ2n) is 4.70. The number of aromatic hydroxyl groups is 1. The molecule has 1 aliphatic heterocycles. The Morgan fingerprint density at radius 3 is 2.52 bits per heavy atom. The van der Waals surface area contributed by atoms with E-state index in [4.69, 9.17) is 0 Å². The average Bonchev–Trinajstić information content (AvgIpc) is 2.96. The van der Waals surface area contributed by atoms with Crippen molar-refractivity contribution in [3.05, 3.63) is 59.7 Å². The third kappa shape index (κ3) is 1.75. The molecule has 0 bridgehead atoms. The van der Waals surface area contributed by atoms with Gasteiger partial charge in [-0.05, 0) is 18.2 Å². The van der Waals surface area contributed by atoms with Crippen LogP contribution in [0, 0.1) is 0 Å². The topological polar surface area (TPSA) is 100 Å². The number of para-hydroxylation sites is 2. The van der Waals surface area contributed by atoms with Crippen LogP contribution in [-0.4, -0.2) is 21.6 Å². The molecule has 5 heteroatoms. The highest BCUT2D eigenvalue weighted by Crippen LogP contribution is 2.34. The Morgan fingerprint density at radius 1 is 1.00 bits per heavy atom. The maximum Gasteiger partial charge on any atom is 0.214 e. The standard InChI is InChI=1S/C16H10N2O2.H3N/c19-15-10-6-2-4-8-12(10)17-14(15)13-9-5-1-3-7-11(9)18-16(13)20;/h1-8,18,20H;1H3. The first-order valence-electron chi connectivity index (χ1n) is 6.28. The van der Waals surface area contributed by atoms with E-state index in [1.165, 1.54) is 0 Å². The van der Waals surface area contributed by atoms with Gasteiger partial charge >= 0.3 is 0 Å². The normalized spacial score (nSPS) is 13.0. The zero-order chi connectivity index (χ0) is 13.7. The van der Waals surface area contributed by atoms with Crippen LogP contribution in [0.1, 0.15) is 15.9 Å². The molecule has 2 heterocycles. The second kappa shape index (κ2) is 4.57. The van der Waals surface area contributed by atoms with Crippen molar-refractivity contribution < 1.29 is 9.90 Å². The SMILES string of the molecule is N.O=C1C(c2c(O)[nH]c3ccccc23)=Nc2ccccc21. The van der Waals surface area contributed by atoms with Crippen molar-refractivity contribution in [2.45, 2.75) is 0 Å². The van der Waals surface area contributed by atoms with Crippen LogP contribution in [0.2, 0.25) is 0 Å². The van der Waals surface area contributed by atoms with Crippen LogP contribution in [0.5, 0.6) is 5.88 Å². The van der Waals surface area contributed by atoms with Crippen LogP contribution < -0.4 is 6.15 Å². The molecule has 0 saturated heterocycles. The van der Waals surface area contributed by atoms with Gasteiger partial charge in [0.25, 0.3) is 0 Å². The van der Waals surface area contributed by atoms with E-state index < -0.39 is 0 Å². The van der Waals surface area contributed by atoms with Gasteiger partial charge in [0.2, 0.25) is 5.78 Å². The molecule has 104 valence electrons. The molecular weight excluding hydrogens is 266 g/mol. The van der Waals surface area contributed by atoms with E-state index in [-0.39, 0.29) is 17.8 Å². The summed E-state index contributed by atoms with van der Waals surface area (Å²) in [6.07, 6.45) is 0. The van der Waals surface area contributed by atoms with Gasteiger partial charge < -0.3 is 16.2 Å². The van der Waals surface area contributed by atoms with Gasteiger partial charge in [0.1, 0.15) is 5.71 Å². The Balaban J connectivity index is 0.00000132. The van der Waals surface area contributed by atoms with Crippen molar-refractivity contribution in [1.29, 1.82) is 0 Å². The van der Waals surface area contributed by atoms with E-state index in [0.29, 0.717) is 22.5 Å². The van der Waals surface area contributed by atoms with Crippen molar-refractivity contribution in [3.8, 4) is 5.88 Å². The number of carbonyl (C=O) groups is 1. The van der Waals surface area contributed by atoms with Gasteiger partial charge in [-0.2, -0.15) is 0 Å². The molecule has 0 saturated carbocycles. The number of rotatable bonds is 1. The minimum absolute atomic E-state index is 0. The number of fused-ring (bicyclic) bond motifs is 2. The summed E-state index contributed by atoms with van der Waals surface area (Å²) >= 11 is 0. The summed E-state index contributed by atoms with van der Waals surface area (Å²) in [7, 11) is 0. The number of nitrogens with one attached hydrogen (secondary N) is 1. The van der Waals surface area contributed by atoms with E-state index >= 15 is 0 Å². The van der Waals surface area contributed by atoms with Gasteiger partial charge in [0.15, 0.2) is 5.88 Å². The highest BCUT2D eigenvalue weighted by atomic mass is 16.3. The van der Waals surface area contributed by atoms with Crippen LogP contribution in [0.3, 0.4) is 0 Å². The van der Waals surface area contributed by atoms with Gasteiger partial charge in [-0.25, -0.2) is 4.99 Å². The zero-order valence-electron chi connectivity index (χ0n) is 11.1. The fourth-order valence-corrected chi connectivity index (χ4v) is 2.60. The largest absolute Gasteiger partial charge is 0.494 e. The zero-order valence-corrected chi connectivity index (χ0v) is 11.1. The number of aliphatic imine (C=N–C) groups is 1. The Morgan fingerprint density at radius 2 is 1.71 bits per heavy atom. The molecule has 21 heavy (non-hydrogen) atoms. The average molecular weight is 279 g/mol. The molecule has 1 aromatic heterocycles. The molecule has 0 radical (unpaired) electrons. The Labute approximate surface area is 120 Å². The summed E-state index contributed by atoms with van der Waals surface area (Å²) in [5, 5.41) is 10.9. The van der Waals surface area contributed by atoms with Crippen molar-refractivity contribution in [2.75, 3.05) is 0 Å². The lowest BCUT2D eigenvalue weighted by atomic mass is 10.0. The summed E-state index contributed by atoms with van der Waals surface area (Å²) < 4.78 is 0. The van der Waals surface area contributed by atoms with Crippen molar-refractivity contribution >= 4 is 28.1 Å². The van der Waals surface area contributed by atoms with Crippen molar-refractivity contribution in [2.24, 2.45) is 4.99 Å². The molecular formula is C16H13N3O2. The molecule has 0 atom stereocenters. The van der Waals surface area contributed by atoms with E-state index in [2.05, 4.69) is 9.98 Å². The molecule has 0 fully saturated rings. The maximum atomic E-state index is 12.4. The first kappa shape index (κ1) is 13.1. The number of nitrogens with zero attached hydrogens (tertiary/aromatic N) is 1. The number of carbonyl (C=O) groups excluding carboxylic acids is 1. The van der Waals surface area contributed by atoms with E-state index in [1.54, 1.807) is 12.1 Å². The molecule has 0 spiro atoms. The van der Waals surface area contributed by atoms with Crippen LogP contribution >= 0.6 is 0 Å². The summed E-state index contributed by atoms with van der Waals surface area (Å²) in [6, 6.07) is 14.6. The fraction of sp³-hybridized carbons (Fsp3) is 0. The molecule has 0 aliphatic carbocycles. The highest BCUT2D eigenvalue weighted by molar-refractivity contribution is 6.56. The predicted molar refractivity (Wildman–Crippen MR) is 82.0 cm³/mol. The molecule has 1 aliphatic rings. The molecule has 0 amide bonds. The number of ketones is 1. The van der Waals surface area contributed by atoms with Gasteiger partial charge in [-0.3, -0.25) is 4.79 Å². The van der Waals surface area contributed by atoms with Crippen LogP contribution in [-0.2, 0) is 0 Å². The Bertz CT molecular complexity index is 893.